The predicted molar refractivity (Wildman–Crippen MR) is 108 cm³/mol. The summed E-state index contributed by atoms with van der Waals surface area (Å²) in [5.74, 6) is 2.15. The van der Waals surface area contributed by atoms with Crippen LogP contribution in [0.1, 0.15) is 101 Å². The first kappa shape index (κ1) is 18.8. The van der Waals surface area contributed by atoms with Crippen LogP contribution in [-0.2, 0) is 0 Å². The monoisotopic (exact) mass is 322 g/mol. The summed E-state index contributed by atoms with van der Waals surface area (Å²) in [5, 5.41) is 0. The fourth-order valence-electron chi connectivity index (χ4n) is 3.87. The average molecular weight is 323 g/mol. The Morgan fingerprint density at radius 3 is 1.46 bits per heavy atom. The second-order valence-corrected chi connectivity index (χ2v) is 8.24. The van der Waals surface area contributed by atoms with Gasteiger partial charge in [0.15, 0.2) is 0 Å². The van der Waals surface area contributed by atoms with Crippen LogP contribution in [0.5, 0.6) is 0 Å². The van der Waals surface area contributed by atoms with Crippen molar-refractivity contribution in [2.75, 3.05) is 0 Å². The van der Waals surface area contributed by atoms with Crippen LogP contribution in [-0.4, -0.2) is 0 Å². The summed E-state index contributed by atoms with van der Waals surface area (Å²) in [6, 6.07) is 13.5. The number of benzene rings is 2. The maximum absolute atomic E-state index is 2.50. The molecule has 0 spiro atoms. The SMILES string of the molecule is CC(C)c1cc(C(C)C)c(C(C)C)c(C(C)C)c1-c1ccccc1. The van der Waals surface area contributed by atoms with Gasteiger partial charge in [-0.3, -0.25) is 0 Å². The van der Waals surface area contributed by atoms with Crippen LogP contribution in [0.15, 0.2) is 36.4 Å². The van der Waals surface area contributed by atoms with Gasteiger partial charge in [-0.15, -0.1) is 0 Å². The fourth-order valence-corrected chi connectivity index (χ4v) is 3.87. The maximum Gasteiger partial charge on any atom is -0.0112 e. The minimum absolute atomic E-state index is 0.522. The average Bonchev–Trinajstić information content (AvgIpc) is 2.53. The molecule has 0 atom stereocenters. The number of hydrogen-bond acceptors (Lipinski definition) is 0. The van der Waals surface area contributed by atoms with Gasteiger partial charge < -0.3 is 0 Å². The van der Waals surface area contributed by atoms with E-state index in [2.05, 4.69) is 91.8 Å². The summed E-state index contributed by atoms with van der Waals surface area (Å²) in [6.45, 7) is 18.7. The van der Waals surface area contributed by atoms with Crippen molar-refractivity contribution in [1.82, 2.24) is 0 Å². The lowest BCUT2D eigenvalue weighted by molar-refractivity contribution is 0.739. The molecule has 0 fully saturated rings. The molecule has 0 N–H and O–H groups in total. The van der Waals surface area contributed by atoms with Crippen LogP contribution in [0.3, 0.4) is 0 Å². The Balaban J connectivity index is 2.97. The minimum atomic E-state index is 0.522. The van der Waals surface area contributed by atoms with Crippen molar-refractivity contribution in [2.24, 2.45) is 0 Å². The molecule has 0 aliphatic heterocycles. The summed E-state index contributed by atoms with van der Waals surface area (Å²) < 4.78 is 0. The smallest absolute Gasteiger partial charge is 0.0112 e. The molecule has 0 heterocycles. The zero-order chi connectivity index (χ0) is 18.0. The third kappa shape index (κ3) is 3.58. The van der Waals surface area contributed by atoms with Gasteiger partial charge >= 0.3 is 0 Å². The first-order valence-electron chi connectivity index (χ1n) is 9.51. The lowest BCUT2D eigenvalue weighted by atomic mass is 9.75. The van der Waals surface area contributed by atoms with Crippen LogP contribution in [0.4, 0.5) is 0 Å². The van der Waals surface area contributed by atoms with Crippen molar-refractivity contribution < 1.29 is 0 Å². The van der Waals surface area contributed by atoms with E-state index in [9.17, 15) is 0 Å². The van der Waals surface area contributed by atoms with E-state index in [4.69, 9.17) is 0 Å². The maximum atomic E-state index is 2.50. The van der Waals surface area contributed by atoms with Gasteiger partial charge in [0.2, 0.25) is 0 Å². The van der Waals surface area contributed by atoms with Crippen molar-refractivity contribution in [1.29, 1.82) is 0 Å². The van der Waals surface area contributed by atoms with E-state index in [1.54, 1.807) is 11.1 Å². The van der Waals surface area contributed by atoms with Crippen molar-refractivity contribution >= 4 is 0 Å². The van der Waals surface area contributed by atoms with Crippen LogP contribution in [0.2, 0.25) is 0 Å². The number of rotatable bonds is 5. The first-order valence-corrected chi connectivity index (χ1v) is 9.51. The molecule has 0 bridgehead atoms. The van der Waals surface area contributed by atoms with E-state index in [0.29, 0.717) is 23.7 Å². The lowest BCUT2D eigenvalue weighted by Gasteiger charge is -2.29. The van der Waals surface area contributed by atoms with Gasteiger partial charge in [-0.2, -0.15) is 0 Å². The summed E-state index contributed by atoms with van der Waals surface area (Å²) in [5.41, 5.74) is 9.01. The standard InChI is InChI=1S/C24H34/c1-15(2)20-14-21(16(3)4)24(19-12-10-9-11-13-19)23(18(7)8)22(20)17(5)6/h9-18H,1-8H3. The third-order valence-electron chi connectivity index (χ3n) is 4.93. The highest BCUT2D eigenvalue weighted by molar-refractivity contribution is 5.75. The highest BCUT2D eigenvalue weighted by Gasteiger charge is 2.24. The molecule has 0 amide bonds. The normalized spacial score (nSPS) is 12.0. The second-order valence-electron chi connectivity index (χ2n) is 8.24. The van der Waals surface area contributed by atoms with Gasteiger partial charge in [0.1, 0.15) is 0 Å². The van der Waals surface area contributed by atoms with Crippen LogP contribution in [0, 0.1) is 0 Å². The minimum Gasteiger partial charge on any atom is -0.0622 e. The van der Waals surface area contributed by atoms with Gasteiger partial charge in [-0.25, -0.2) is 0 Å². The summed E-state index contributed by atoms with van der Waals surface area (Å²) in [6.07, 6.45) is 0. The second kappa shape index (κ2) is 7.55. The van der Waals surface area contributed by atoms with Gasteiger partial charge in [0.25, 0.3) is 0 Å². The summed E-state index contributed by atoms with van der Waals surface area (Å²) in [7, 11) is 0. The molecule has 2 aromatic rings. The van der Waals surface area contributed by atoms with Crippen molar-refractivity contribution in [2.45, 2.75) is 79.1 Å². The van der Waals surface area contributed by atoms with Gasteiger partial charge in [-0.05, 0) is 57.1 Å². The molecule has 0 aliphatic rings. The third-order valence-corrected chi connectivity index (χ3v) is 4.93. The Labute approximate surface area is 149 Å². The van der Waals surface area contributed by atoms with Gasteiger partial charge in [0, 0.05) is 0 Å². The van der Waals surface area contributed by atoms with Crippen LogP contribution in [0.25, 0.3) is 11.1 Å². The van der Waals surface area contributed by atoms with E-state index in [1.807, 2.05) is 0 Å². The van der Waals surface area contributed by atoms with Gasteiger partial charge in [0.05, 0.1) is 0 Å². The lowest BCUT2D eigenvalue weighted by Crippen LogP contribution is -2.11. The Kier molecular flexibility index (Phi) is 5.91. The molecule has 0 nitrogen and oxygen atoms in total. The molecule has 0 saturated heterocycles. The van der Waals surface area contributed by atoms with Crippen LogP contribution < -0.4 is 0 Å². The predicted octanol–water partition coefficient (Wildman–Crippen LogP) is 7.85. The zero-order valence-electron chi connectivity index (χ0n) is 16.8. The van der Waals surface area contributed by atoms with Crippen LogP contribution >= 0.6 is 0 Å². The first-order chi connectivity index (χ1) is 11.3. The molecule has 2 rings (SSSR count). The summed E-state index contributed by atoms with van der Waals surface area (Å²) in [4.78, 5) is 0. The molecular formula is C24H34. The topological polar surface area (TPSA) is 0 Å². The molecule has 0 radical (unpaired) electrons. The van der Waals surface area contributed by atoms with Crippen molar-refractivity contribution in [3.63, 3.8) is 0 Å². The molecule has 0 aromatic heterocycles. The zero-order valence-corrected chi connectivity index (χ0v) is 16.8. The fraction of sp³-hybridized carbons (Fsp3) is 0.500. The quantitative estimate of drug-likeness (QED) is 0.525. The highest BCUT2D eigenvalue weighted by atomic mass is 14.3. The Hall–Kier alpha value is -1.56. The molecule has 0 heteroatoms. The van der Waals surface area contributed by atoms with E-state index >= 15 is 0 Å². The molecule has 0 unspecified atom stereocenters. The van der Waals surface area contributed by atoms with Crippen molar-refractivity contribution in [3.05, 3.63) is 58.7 Å². The molecular weight excluding hydrogens is 288 g/mol. The Morgan fingerprint density at radius 2 is 1.04 bits per heavy atom. The van der Waals surface area contributed by atoms with Gasteiger partial charge in [-0.1, -0.05) is 91.8 Å². The van der Waals surface area contributed by atoms with E-state index in [1.165, 1.54) is 22.3 Å². The Bertz CT molecular complexity index is 673. The van der Waals surface area contributed by atoms with E-state index < -0.39 is 0 Å². The van der Waals surface area contributed by atoms with Crippen molar-refractivity contribution in [3.8, 4) is 11.1 Å². The number of hydrogen-bond donors (Lipinski definition) is 0. The van der Waals surface area contributed by atoms with E-state index in [-0.39, 0.29) is 0 Å². The van der Waals surface area contributed by atoms with E-state index in [0.717, 1.165) is 0 Å². The summed E-state index contributed by atoms with van der Waals surface area (Å²) >= 11 is 0. The molecule has 24 heavy (non-hydrogen) atoms. The molecule has 0 aliphatic carbocycles. The Morgan fingerprint density at radius 1 is 0.542 bits per heavy atom. The highest BCUT2D eigenvalue weighted by Crippen LogP contribution is 2.44. The molecule has 130 valence electrons. The molecule has 0 saturated carbocycles. The molecule has 2 aromatic carbocycles. The largest absolute Gasteiger partial charge is 0.0622 e.